The van der Waals surface area contributed by atoms with Gasteiger partial charge < -0.3 is 10.6 Å². The van der Waals surface area contributed by atoms with Crippen molar-refractivity contribution in [3.8, 4) is 0 Å². The maximum absolute atomic E-state index is 11.9. The number of carbonyl (C=O) groups excluding carboxylic acids is 2. The number of hydrogen-bond donors (Lipinski definition) is 2. The summed E-state index contributed by atoms with van der Waals surface area (Å²) >= 11 is 0. The van der Waals surface area contributed by atoms with E-state index >= 15 is 0 Å². The van der Waals surface area contributed by atoms with Crippen LogP contribution in [0.4, 0.5) is 5.69 Å². The number of anilines is 1. The number of rotatable bonds is 8. The third-order valence-corrected chi connectivity index (χ3v) is 3.66. The molecule has 1 aromatic rings. The second kappa shape index (κ2) is 9.98. The number of nitrogens with one attached hydrogen (secondary N) is 2. The van der Waals surface area contributed by atoms with Crippen LogP contribution in [0.25, 0.3) is 0 Å². The van der Waals surface area contributed by atoms with Gasteiger partial charge >= 0.3 is 11.8 Å². The summed E-state index contributed by atoms with van der Waals surface area (Å²) in [6.07, 6.45) is 6.96. The molecule has 0 aliphatic carbocycles. The fourth-order valence-electron chi connectivity index (χ4n) is 2.24. The summed E-state index contributed by atoms with van der Waals surface area (Å²) < 4.78 is 0. The van der Waals surface area contributed by atoms with Gasteiger partial charge in [0.05, 0.1) is 0 Å². The molecule has 0 aliphatic rings. The largest absolute Gasteiger partial charge is 0.348 e. The molecule has 0 unspecified atom stereocenters. The van der Waals surface area contributed by atoms with Crippen molar-refractivity contribution in [3.63, 3.8) is 0 Å². The van der Waals surface area contributed by atoms with Gasteiger partial charge in [0.15, 0.2) is 0 Å². The van der Waals surface area contributed by atoms with Crippen molar-refractivity contribution in [2.75, 3.05) is 11.9 Å². The van der Waals surface area contributed by atoms with Crippen LogP contribution in [0, 0.1) is 13.8 Å². The summed E-state index contributed by atoms with van der Waals surface area (Å²) in [6.45, 7) is 6.61. The molecule has 2 N–H and O–H groups in total. The van der Waals surface area contributed by atoms with Crippen LogP contribution in [-0.4, -0.2) is 18.4 Å². The molecule has 4 nitrogen and oxygen atoms in total. The van der Waals surface area contributed by atoms with Crippen LogP contribution in [0.3, 0.4) is 0 Å². The van der Waals surface area contributed by atoms with Gasteiger partial charge in [-0.1, -0.05) is 51.2 Å². The van der Waals surface area contributed by atoms with E-state index in [0.717, 1.165) is 24.0 Å². The van der Waals surface area contributed by atoms with Crippen LogP contribution in [0.5, 0.6) is 0 Å². The topological polar surface area (TPSA) is 58.2 Å². The smallest absolute Gasteiger partial charge is 0.313 e. The van der Waals surface area contributed by atoms with Crippen LogP contribution in [0.15, 0.2) is 18.2 Å². The molecule has 0 aliphatic heterocycles. The van der Waals surface area contributed by atoms with Crippen LogP contribution >= 0.6 is 0 Å². The molecule has 22 heavy (non-hydrogen) atoms. The van der Waals surface area contributed by atoms with Gasteiger partial charge in [-0.25, -0.2) is 0 Å². The van der Waals surface area contributed by atoms with Crippen molar-refractivity contribution in [2.24, 2.45) is 0 Å². The highest BCUT2D eigenvalue weighted by Gasteiger charge is 2.13. The molecule has 0 heterocycles. The first-order valence-corrected chi connectivity index (χ1v) is 8.21. The normalized spacial score (nSPS) is 10.3. The lowest BCUT2D eigenvalue weighted by atomic mass is 10.1. The third kappa shape index (κ3) is 6.74. The fourth-order valence-corrected chi connectivity index (χ4v) is 2.24. The quantitative estimate of drug-likeness (QED) is 0.568. The molecule has 0 bridgehead atoms. The molecule has 0 radical (unpaired) electrons. The average molecular weight is 304 g/mol. The SMILES string of the molecule is CCCCCCCCNC(=O)C(=O)Nc1cc(C)ccc1C. The minimum atomic E-state index is -0.598. The number of carbonyl (C=O) groups is 2. The van der Waals surface area contributed by atoms with E-state index in [0.29, 0.717) is 12.2 Å². The van der Waals surface area contributed by atoms with Gasteiger partial charge in [0, 0.05) is 12.2 Å². The van der Waals surface area contributed by atoms with Gasteiger partial charge in [0.2, 0.25) is 0 Å². The molecule has 0 fully saturated rings. The number of aryl methyl sites for hydroxylation is 2. The second-order valence-corrected chi connectivity index (χ2v) is 5.80. The Hall–Kier alpha value is -1.84. The van der Waals surface area contributed by atoms with Crippen LogP contribution < -0.4 is 10.6 Å². The molecule has 0 spiro atoms. The molecule has 0 saturated heterocycles. The summed E-state index contributed by atoms with van der Waals surface area (Å²) in [5, 5.41) is 5.35. The lowest BCUT2D eigenvalue weighted by Gasteiger charge is -2.09. The Bertz CT molecular complexity index is 498. The Morgan fingerprint density at radius 1 is 0.955 bits per heavy atom. The lowest BCUT2D eigenvalue weighted by molar-refractivity contribution is -0.136. The first kappa shape index (κ1) is 18.2. The molecule has 0 atom stereocenters. The predicted octanol–water partition coefficient (Wildman–Crippen LogP) is 3.72. The molecule has 1 aromatic carbocycles. The first-order chi connectivity index (χ1) is 10.5. The van der Waals surface area contributed by atoms with Crippen molar-refractivity contribution < 1.29 is 9.59 Å². The van der Waals surface area contributed by atoms with Gasteiger partial charge in [-0.3, -0.25) is 9.59 Å². The van der Waals surface area contributed by atoms with Crippen molar-refractivity contribution >= 4 is 17.5 Å². The summed E-state index contributed by atoms with van der Waals surface area (Å²) in [4.78, 5) is 23.6. The van der Waals surface area contributed by atoms with E-state index in [-0.39, 0.29) is 0 Å². The molecular formula is C18H28N2O2. The molecule has 2 amide bonds. The zero-order valence-electron chi connectivity index (χ0n) is 14.0. The Morgan fingerprint density at radius 3 is 2.36 bits per heavy atom. The van der Waals surface area contributed by atoms with Crippen LogP contribution in [-0.2, 0) is 9.59 Å². The summed E-state index contributed by atoms with van der Waals surface area (Å²) in [5.74, 6) is -1.16. The van der Waals surface area contributed by atoms with Gasteiger partial charge in [-0.2, -0.15) is 0 Å². The van der Waals surface area contributed by atoms with E-state index in [1.165, 1.54) is 25.7 Å². The molecule has 4 heteroatoms. The molecular weight excluding hydrogens is 276 g/mol. The van der Waals surface area contributed by atoms with Crippen molar-refractivity contribution in [1.82, 2.24) is 5.32 Å². The van der Waals surface area contributed by atoms with Gasteiger partial charge in [0.1, 0.15) is 0 Å². The maximum Gasteiger partial charge on any atom is 0.313 e. The number of benzene rings is 1. The lowest BCUT2D eigenvalue weighted by Crippen LogP contribution is -2.36. The van der Waals surface area contributed by atoms with Gasteiger partial charge in [0.25, 0.3) is 0 Å². The van der Waals surface area contributed by atoms with Gasteiger partial charge in [-0.15, -0.1) is 0 Å². The Balaban J connectivity index is 2.27. The highest BCUT2D eigenvalue weighted by Crippen LogP contribution is 2.16. The summed E-state index contributed by atoms with van der Waals surface area (Å²) in [7, 11) is 0. The maximum atomic E-state index is 11.9. The third-order valence-electron chi connectivity index (χ3n) is 3.66. The monoisotopic (exact) mass is 304 g/mol. The summed E-state index contributed by atoms with van der Waals surface area (Å²) in [6, 6.07) is 5.77. The Labute approximate surface area is 133 Å². The van der Waals surface area contributed by atoms with E-state index < -0.39 is 11.8 Å². The zero-order chi connectivity index (χ0) is 16.4. The van der Waals surface area contributed by atoms with Gasteiger partial charge in [-0.05, 0) is 37.5 Å². The van der Waals surface area contributed by atoms with Crippen molar-refractivity contribution in [1.29, 1.82) is 0 Å². The van der Waals surface area contributed by atoms with E-state index in [9.17, 15) is 9.59 Å². The zero-order valence-corrected chi connectivity index (χ0v) is 14.0. The Morgan fingerprint density at radius 2 is 1.64 bits per heavy atom. The second-order valence-electron chi connectivity index (χ2n) is 5.80. The molecule has 0 aromatic heterocycles. The fraction of sp³-hybridized carbons (Fsp3) is 0.556. The Kier molecular flexibility index (Phi) is 8.26. The first-order valence-electron chi connectivity index (χ1n) is 8.21. The van der Waals surface area contributed by atoms with Crippen molar-refractivity contribution in [3.05, 3.63) is 29.3 Å². The van der Waals surface area contributed by atoms with E-state index in [1.54, 1.807) is 0 Å². The number of hydrogen-bond acceptors (Lipinski definition) is 2. The van der Waals surface area contributed by atoms with E-state index in [1.807, 2.05) is 32.0 Å². The predicted molar refractivity (Wildman–Crippen MR) is 90.9 cm³/mol. The van der Waals surface area contributed by atoms with E-state index in [4.69, 9.17) is 0 Å². The molecule has 122 valence electrons. The minimum Gasteiger partial charge on any atom is -0.348 e. The molecule has 1 rings (SSSR count). The van der Waals surface area contributed by atoms with Crippen molar-refractivity contribution in [2.45, 2.75) is 59.3 Å². The number of unbranched alkanes of at least 4 members (excludes halogenated alkanes) is 5. The van der Waals surface area contributed by atoms with E-state index in [2.05, 4.69) is 17.6 Å². The summed E-state index contributed by atoms with van der Waals surface area (Å²) in [5.41, 5.74) is 2.69. The highest BCUT2D eigenvalue weighted by molar-refractivity contribution is 6.39. The standard InChI is InChI=1S/C18H28N2O2/c1-4-5-6-7-8-9-12-19-17(21)18(22)20-16-13-14(2)10-11-15(16)3/h10-11,13H,4-9,12H2,1-3H3,(H,19,21)(H,20,22). The highest BCUT2D eigenvalue weighted by atomic mass is 16.2. The minimum absolute atomic E-state index is 0.561. The number of amides is 2. The average Bonchev–Trinajstić information content (AvgIpc) is 2.49. The molecule has 0 saturated carbocycles. The van der Waals surface area contributed by atoms with Crippen LogP contribution in [0.2, 0.25) is 0 Å². The van der Waals surface area contributed by atoms with Crippen LogP contribution in [0.1, 0.15) is 56.6 Å².